The van der Waals surface area contributed by atoms with E-state index in [2.05, 4.69) is 4.98 Å². The molecule has 3 rings (SSSR count). The van der Waals surface area contributed by atoms with Crippen LogP contribution >= 0.6 is 0 Å². The molecular formula is C20H29N3O3. The minimum atomic E-state index is -0.504. The molecule has 1 N–H and O–H groups in total. The Labute approximate surface area is 155 Å². The third-order valence-electron chi connectivity index (χ3n) is 5.77. The Morgan fingerprint density at radius 2 is 2.08 bits per heavy atom. The molecule has 6 nitrogen and oxygen atoms in total. The van der Waals surface area contributed by atoms with Crippen LogP contribution in [0.25, 0.3) is 0 Å². The van der Waals surface area contributed by atoms with Crippen molar-refractivity contribution in [1.29, 1.82) is 0 Å². The van der Waals surface area contributed by atoms with E-state index < -0.39 is 6.10 Å². The van der Waals surface area contributed by atoms with Crippen molar-refractivity contribution in [2.75, 3.05) is 26.2 Å². The molecule has 0 aliphatic carbocycles. The van der Waals surface area contributed by atoms with Gasteiger partial charge in [0.25, 0.3) is 5.91 Å². The van der Waals surface area contributed by atoms with Crippen LogP contribution in [0, 0.1) is 5.41 Å². The first-order valence-electron chi connectivity index (χ1n) is 9.62. The van der Waals surface area contributed by atoms with Crippen molar-refractivity contribution in [1.82, 2.24) is 14.8 Å². The molecule has 2 amide bonds. The third kappa shape index (κ3) is 4.06. The van der Waals surface area contributed by atoms with E-state index in [9.17, 15) is 14.7 Å². The second-order valence-electron chi connectivity index (χ2n) is 7.80. The highest BCUT2D eigenvalue weighted by atomic mass is 16.3. The number of aromatic nitrogens is 1. The molecule has 2 aliphatic heterocycles. The molecule has 6 heteroatoms. The number of nitrogens with zero attached hydrogens (tertiary/aromatic N) is 3. The predicted molar refractivity (Wildman–Crippen MR) is 98.7 cm³/mol. The van der Waals surface area contributed by atoms with Crippen molar-refractivity contribution in [3.8, 4) is 0 Å². The summed E-state index contributed by atoms with van der Waals surface area (Å²) in [7, 11) is 0. The highest BCUT2D eigenvalue weighted by Gasteiger charge is 2.41. The Morgan fingerprint density at radius 1 is 1.35 bits per heavy atom. The first-order chi connectivity index (χ1) is 12.4. The van der Waals surface area contributed by atoms with Crippen LogP contribution < -0.4 is 0 Å². The lowest BCUT2D eigenvalue weighted by Gasteiger charge is -2.47. The van der Waals surface area contributed by atoms with Gasteiger partial charge >= 0.3 is 0 Å². The van der Waals surface area contributed by atoms with E-state index in [1.807, 2.05) is 22.8 Å². The number of amides is 2. The molecule has 0 bridgehead atoms. The SMILES string of the molecule is CCc1cc(C(=O)N2CCC3(CCC(=O)N(C[C@H](C)O)C3)CC2)ccn1. The minimum absolute atomic E-state index is 0.0738. The second kappa shape index (κ2) is 7.74. The topological polar surface area (TPSA) is 73.7 Å². The summed E-state index contributed by atoms with van der Waals surface area (Å²) < 4.78 is 0. The molecule has 1 aromatic rings. The van der Waals surface area contributed by atoms with Crippen LogP contribution in [0.4, 0.5) is 0 Å². The van der Waals surface area contributed by atoms with E-state index in [1.165, 1.54) is 0 Å². The highest BCUT2D eigenvalue weighted by molar-refractivity contribution is 5.94. The van der Waals surface area contributed by atoms with Crippen molar-refractivity contribution < 1.29 is 14.7 Å². The predicted octanol–water partition coefficient (Wildman–Crippen LogP) is 1.87. The van der Waals surface area contributed by atoms with E-state index in [0.29, 0.717) is 25.1 Å². The van der Waals surface area contributed by atoms with Crippen molar-refractivity contribution in [2.45, 2.75) is 52.1 Å². The van der Waals surface area contributed by atoms with Crippen molar-refractivity contribution in [3.63, 3.8) is 0 Å². The van der Waals surface area contributed by atoms with Crippen molar-refractivity contribution in [3.05, 3.63) is 29.6 Å². The molecule has 0 saturated carbocycles. The molecule has 1 aromatic heterocycles. The van der Waals surface area contributed by atoms with Gasteiger partial charge in [-0.25, -0.2) is 0 Å². The number of carbonyl (C=O) groups excluding carboxylic acids is 2. The summed E-state index contributed by atoms with van der Waals surface area (Å²) in [6, 6.07) is 3.67. The fourth-order valence-corrected chi connectivity index (χ4v) is 4.17. The first-order valence-corrected chi connectivity index (χ1v) is 9.62. The number of hydrogen-bond donors (Lipinski definition) is 1. The largest absolute Gasteiger partial charge is 0.392 e. The fourth-order valence-electron chi connectivity index (χ4n) is 4.17. The molecule has 3 heterocycles. The van der Waals surface area contributed by atoms with Crippen molar-refractivity contribution >= 4 is 11.8 Å². The van der Waals surface area contributed by atoms with E-state index in [-0.39, 0.29) is 17.2 Å². The number of β-amino-alcohol motifs (C(OH)–C–C–N with tert-alkyl or cyclic N) is 1. The lowest BCUT2D eigenvalue weighted by Crippen LogP contribution is -2.53. The van der Waals surface area contributed by atoms with Gasteiger partial charge in [0.2, 0.25) is 5.91 Å². The summed E-state index contributed by atoms with van der Waals surface area (Å²) >= 11 is 0. The number of piperidine rings is 2. The monoisotopic (exact) mass is 359 g/mol. The highest BCUT2D eigenvalue weighted by Crippen LogP contribution is 2.40. The lowest BCUT2D eigenvalue weighted by atomic mass is 9.72. The average molecular weight is 359 g/mol. The van der Waals surface area contributed by atoms with Crippen LogP contribution in [0.5, 0.6) is 0 Å². The van der Waals surface area contributed by atoms with Gasteiger partial charge < -0.3 is 14.9 Å². The Hall–Kier alpha value is -1.95. The number of aliphatic hydroxyl groups excluding tert-OH is 1. The first kappa shape index (κ1) is 18.8. The summed E-state index contributed by atoms with van der Waals surface area (Å²) in [5.41, 5.74) is 1.73. The van der Waals surface area contributed by atoms with Gasteiger partial charge in [0.1, 0.15) is 0 Å². The molecule has 2 fully saturated rings. The maximum atomic E-state index is 12.8. The quantitative estimate of drug-likeness (QED) is 0.891. The molecule has 0 unspecified atom stereocenters. The lowest BCUT2D eigenvalue weighted by molar-refractivity contribution is -0.140. The Balaban J connectivity index is 1.63. The number of pyridine rings is 1. The van der Waals surface area contributed by atoms with Gasteiger partial charge in [-0.05, 0) is 50.2 Å². The number of carbonyl (C=O) groups is 2. The number of rotatable bonds is 4. The van der Waals surface area contributed by atoms with Crippen LogP contribution in [0.15, 0.2) is 18.3 Å². The number of hydrogen-bond acceptors (Lipinski definition) is 4. The number of aryl methyl sites for hydroxylation is 1. The summed E-state index contributed by atoms with van der Waals surface area (Å²) in [6.45, 7) is 6.30. The van der Waals surface area contributed by atoms with Crippen LogP contribution in [0.3, 0.4) is 0 Å². The summed E-state index contributed by atoms with van der Waals surface area (Å²) in [5.74, 6) is 0.212. The van der Waals surface area contributed by atoms with E-state index >= 15 is 0 Å². The van der Waals surface area contributed by atoms with Gasteiger partial charge in [-0.15, -0.1) is 0 Å². The zero-order chi connectivity index (χ0) is 18.7. The van der Waals surface area contributed by atoms with Crippen LogP contribution in [0.2, 0.25) is 0 Å². The smallest absolute Gasteiger partial charge is 0.253 e. The van der Waals surface area contributed by atoms with Gasteiger partial charge in [0, 0.05) is 50.1 Å². The zero-order valence-electron chi connectivity index (χ0n) is 15.8. The molecule has 0 aromatic carbocycles. The molecule has 26 heavy (non-hydrogen) atoms. The standard InChI is InChI=1S/C20H29N3O3/c1-3-17-12-16(5-9-21-17)19(26)22-10-7-20(8-11-22)6-4-18(25)23(14-20)13-15(2)24/h5,9,12,15,24H,3-4,6-8,10-11,13-14H2,1-2H3/t15-/m0/s1. The van der Waals surface area contributed by atoms with Gasteiger partial charge in [-0.3, -0.25) is 14.6 Å². The second-order valence-corrected chi connectivity index (χ2v) is 7.80. The molecule has 0 radical (unpaired) electrons. The van der Waals surface area contributed by atoms with Gasteiger partial charge in [0.15, 0.2) is 0 Å². The molecule has 2 saturated heterocycles. The van der Waals surface area contributed by atoms with Crippen LogP contribution in [-0.2, 0) is 11.2 Å². The summed E-state index contributed by atoms with van der Waals surface area (Å²) in [4.78, 5) is 32.9. The van der Waals surface area contributed by atoms with Crippen LogP contribution in [-0.4, -0.2) is 64.0 Å². The Morgan fingerprint density at radius 3 is 2.73 bits per heavy atom. The molecule has 1 spiro atoms. The van der Waals surface area contributed by atoms with Gasteiger partial charge in [0.05, 0.1) is 6.10 Å². The van der Waals surface area contributed by atoms with E-state index in [1.54, 1.807) is 19.2 Å². The fraction of sp³-hybridized carbons (Fsp3) is 0.650. The summed E-state index contributed by atoms with van der Waals surface area (Å²) in [5, 5.41) is 9.64. The molecular weight excluding hydrogens is 330 g/mol. The van der Waals surface area contributed by atoms with Gasteiger partial charge in [-0.1, -0.05) is 6.92 Å². The van der Waals surface area contributed by atoms with E-state index in [0.717, 1.165) is 44.5 Å². The van der Waals surface area contributed by atoms with Crippen molar-refractivity contribution in [2.24, 2.45) is 5.41 Å². The number of likely N-dealkylation sites (tertiary alicyclic amines) is 2. The zero-order valence-corrected chi connectivity index (χ0v) is 15.8. The average Bonchev–Trinajstić information content (AvgIpc) is 2.65. The third-order valence-corrected chi connectivity index (χ3v) is 5.77. The maximum Gasteiger partial charge on any atom is 0.253 e. The summed E-state index contributed by atoms with van der Waals surface area (Å²) in [6.07, 6.45) is 5.28. The normalized spacial score (nSPS) is 21.1. The maximum absolute atomic E-state index is 12.8. The Kier molecular flexibility index (Phi) is 5.61. The van der Waals surface area contributed by atoms with Crippen LogP contribution in [0.1, 0.15) is 55.6 Å². The molecule has 1 atom stereocenters. The minimum Gasteiger partial charge on any atom is -0.392 e. The van der Waals surface area contributed by atoms with E-state index in [4.69, 9.17) is 0 Å². The van der Waals surface area contributed by atoms with Gasteiger partial charge in [-0.2, -0.15) is 0 Å². The molecule has 142 valence electrons. The Bertz CT molecular complexity index is 666. The number of aliphatic hydroxyl groups is 1. The molecule has 2 aliphatic rings.